The van der Waals surface area contributed by atoms with Crippen LogP contribution in [-0.4, -0.2) is 0 Å². The van der Waals surface area contributed by atoms with Gasteiger partial charge >= 0.3 is 0 Å². The highest BCUT2D eigenvalue weighted by Crippen LogP contribution is 2.33. The lowest BCUT2D eigenvalue weighted by Crippen LogP contribution is -2.20. The summed E-state index contributed by atoms with van der Waals surface area (Å²) < 4.78 is 0. The normalized spacial score (nSPS) is 13.6. The van der Waals surface area contributed by atoms with E-state index in [0.717, 1.165) is 0 Å². The molecule has 0 fully saturated rings. The summed E-state index contributed by atoms with van der Waals surface area (Å²) in [6.45, 7) is 8.82. The summed E-state index contributed by atoms with van der Waals surface area (Å²) in [5.74, 6) is 0. The predicted octanol–water partition coefficient (Wildman–Crippen LogP) is 4.40. The molecule has 0 saturated heterocycles. The van der Waals surface area contributed by atoms with Crippen molar-refractivity contribution in [3.63, 3.8) is 0 Å². The molecule has 0 bridgehead atoms. The van der Waals surface area contributed by atoms with E-state index in [-0.39, 0.29) is 11.5 Å². The molecule has 1 heterocycles. The molecular formula is C16H21NS. The van der Waals surface area contributed by atoms with Crippen molar-refractivity contribution in [2.75, 3.05) is 0 Å². The largest absolute Gasteiger partial charge is 0.320 e. The molecule has 1 aromatic heterocycles. The van der Waals surface area contributed by atoms with Gasteiger partial charge in [-0.05, 0) is 35.6 Å². The van der Waals surface area contributed by atoms with E-state index in [1.165, 1.54) is 20.9 Å². The van der Waals surface area contributed by atoms with Crippen molar-refractivity contribution >= 4 is 11.3 Å². The summed E-state index contributed by atoms with van der Waals surface area (Å²) in [5.41, 5.74) is 9.14. The fraction of sp³-hybridized carbons (Fsp3) is 0.375. The van der Waals surface area contributed by atoms with Crippen LogP contribution < -0.4 is 5.73 Å². The maximum atomic E-state index is 6.44. The molecule has 0 aliphatic rings. The lowest BCUT2D eigenvalue weighted by Gasteiger charge is -2.25. The zero-order chi connectivity index (χ0) is 13.3. The van der Waals surface area contributed by atoms with Crippen molar-refractivity contribution in [3.8, 4) is 0 Å². The first-order valence-corrected chi connectivity index (χ1v) is 7.12. The van der Waals surface area contributed by atoms with Crippen LogP contribution in [0.4, 0.5) is 0 Å². The Hall–Kier alpha value is -1.12. The van der Waals surface area contributed by atoms with Gasteiger partial charge in [-0.3, -0.25) is 0 Å². The smallest absolute Gasteiger partial charge is 0.0648 e. The fourth-order valence-corrected chi connectivity index (χ4v) is 3.12. The van der Waals surface area contributed by atoms with Crippen molar-refractivity contribution in [2.24, 2.45) is 5.73 Å². The molecule has 0 spiro atoms. The van der Waals surface area contributed by atoms with Gasteiger partial charge in [-0.15, -0.1) is 11.3 Å². The van der Waals surface area contributed by atoms with Crippen molar-refractivity contribution in [2.45, 2.75) is 39.2 Å². The Morgan fingerprint density at radius 2 is 1.72 bits per heavy atom. The van der Waals surface area contributed by atoms with Crippen molar-refractivity contribution < 1.29 is 0 Å². The molecule has 2 aromatic rings. The summed E-state index contributed by atoms with van der Waals surface area (Å²) in [6.07, 6.45) is 0. The molecule has 0 saturated carbocycles. The third kappa shape index (κ3) is 2.65. The summed E-state index contributed by atoms with van der Waals surface area (Å²) in [4.78, 5) is 2.55. The van der Waals surface area contributed by atoms with Gasteiger partial charge in [0.15, 0.2) is 0 Å². The zero-order valence-corrected chi connectivity index (χ0v) is 12.3. The van der Waals surface area contributed by atoms with Gasteiger partial charge in [0.2, 0.25) is 0 Å². The molecule has 18 heavy (non-hydrogen) atoms. The Labute approximate surface area is 114 Å². The van der Waals surface area contributed by atoms with Crippen LogP contribution in [-0.2, 0) is 5.41 Å². The number of hydrogen-bond donors (Lipinski definition) is 1. The second-order valence-electron chi connectivity index (χ2n) is 5.76. The third-order valence-corrected chi connectivity index (χ3v) is 4.26. The third-order valence-electron chi connectivity index (χ3n) is 3.17. The summed E-state index contributed by atoms with van der Waals surface area (Å²) in [6, 6.07) is 12.8. The Morgan fingerprint density at radius 1 is 1.06 bits per heavy atom. The molecule has 0 radical (unpaired) electrons. The molecule has 1 unspecified atom stereocenters. The molecule has 0 amide bonds. The van der Waals surface area contributed by atoms with Gasteiger partial charge in [-0.2, -0.15) is 0 Å². The molecule has 2 heteroatoms. The van der Waals surface area contributed by atoms with Crippen LogP contribution in [0.2, 0.25) is 0 Å². The summed E-state index contributed by atoms with van der Waals surface area (Å²) in [7, 11) is 0. The van der Waals surface area contributed by atoms with E-state index in [0.29, 0.717) is 0 Å². The van der Waals surface area contributed by atoms with E-state index < -0.39 is 0 Å². The number of thiophene rings is 1. The molecule has 1 atom stereocenters. The van der Waals surface area contributed by atoms with E-state index in [1.54, 1.807) is 11.3 Å². The van der Waals surface area contributed by atoms with Crippen molar-refractivity contribution in [1.82, 2.24) is 0 Å². The van der Waals surface area contributed by atoms with Gasteiger partial charge in [0.05, 0.1) is 6.04 Å². The number of aryl methyl sites for hydroxylation is 1. The van der Waals surface area contributed by atoms with Gasteiger partial charge in [0, 0.05) is 9.75 Å². The quantitative estimate of drug-likeness (QED) is 0.850. The Morgan fingerprint density at radius 3 is 2.28 bits per heavy atom. The second-order valence-corrected chi connectivity index (χ2v) is 7.08. The highest BCUT2D eigenvalue weighted by Gasteiger charge is 2.21. The average molecular weight is 259 g/mol. The zero-order valence-electron chi connectivity index (χ0n) is 11.5. The maximum Gasteiger partial charge on any atom is 0.0648 e. The lowest BCUT2D eigenvalue weighted by atomic mass is 9.82. The minimum Gasteiger partial charge on any atom is -0.320 e. The molecule has 1 aromatic carbocycles. The second kappa shape index (κ2) is 4.87. The van der Waals surface area contributed by atoms with Gasteiger partial charge in [0.1, 0.15) is 0 Å². The lowest BCUT2D eigenvalue weighted by molar-refractivity contribution is 0.578. The van der Waals surface area contributed by atoms with Crippen LogP contribution in [0.15, 0.2) is 36.4 Å². The van der Waals surface area contributed by atoms with Crippen LogP contribution >= 0.6 is 11.3 Å². The van der Waals surface area contributed by atoms with Gasteiger partial charge in [-0.25, -0.2) is 0 Å². The van der Waals surface area contributed by atoms with Crippen LogP contribution in [0.25, 0.3) is 0 Å². The van der Waals surface area contributed by atoms with E-state index >= 15 is 0 Å². The van der Waals surface area contributed by atoms with Gasteiger partial charge < -0.3 is 5.73 Å². The molecule has 0 aliphatic carbocycles. The summed E-state index contributed by atoms with van der Waals surface area (Å²) >= 11 is 1.79. The topological polar surface area (TPSA) is 26.0 Å². The standard InChI is InChI=1S/C16H21NS/c1-11-9-10-14(18-11)15(17)12-7-5-6-8-13(12)16(2,3)4/h5-10,15H,17H2,1-4H3. The van der Waals surface area contributed by atoms with Crippen LogP contribution in [0.5, 0.6) is 0 Å². The maximum absolute atomic E-state index is 6.44. The monoisotopic (exact) mass is 259 g/mol. The Kier molecular flexibility index (Phi) is 3.60. The molecule has 96 valence electrons. The van der Waals surface area contributed by atoms with E-state index in [4.69, 9.17) is 5.73 Å². The Balaban J connectivity index is 2.45. The molecule has 1 nitrogen and oxygen atoms in total. The van der Waals surface area contributed by atoms with Gasteiger partial charge in [0.25, 0.3) is 0 Å². The first-order valence-electron chi connectivity index (χ1n) is 6.31. The van der Waals surface area contributed by atoms with Crippen LogP contribution in [0.1, 0.15) is 47.7 Å². The molecule has 0 aliphatic heterocycles. The average Bonchev–Trinajstić information content (AvgIpc) is 2.74. The summed E-state index contributed by atoms with van der Waals surface area (Å²) in [5, 5.41) is 0. The minimum absolute atomic E-state index is 0.0147. The molecule has 2 N–H and O–H groups in total. The minimum atomic E-state index is -0.0147. The number of benzene rings is 1. The van der Waals surface area contributed by atoms with E-state index in [1.807, 2.05) is 0 Å². The Bertz CT molecular complexity index is 534. The predicted molar refractivity (Wildman–Crippen MR) is 80.2 cm³/mol. The van der Waals surface area contributed by atoms with E-state index in [2.05, 4.69) is 64.1 Å². The van der Waals surface area contributed by atoms with Crippen molar-refractivity contribution in [1.29, 1.82) is 0 Å². The van der Waals surface area contributed by atoms with Gasteiger partial charge in [-0.1, -0.05) is 45.0 Å². The van der Waals surface area contributed by atoms with Crippen molar-refractivity contribution in [3.05, 3.63) is 57.3 Å². The van der Waals surface area contributed by atoms with Crippen LogP contribution in [0, 0.1) is 6.92 Å². The SMILES string of the molecule is Cc1ccc(C(N)c2ccccc2C(C)(C)C)s1. The molecular weight excluding hydrogens is 238 g/mol. The molecule has 2 rings (SSSR count). The highest BCUT2D eigenvalue weighted by atomic mass is 32.1. The first kappa shape index (κ1) is 13.3. The number of nitrogens with two attached hydrogens (primary N) is 1. The van der Waals surface area contributed by atoms with E-state index in [9.17, 15) is 0 Å². The number of hydrogen-bond acceptors (Lipinski definition) is 2. The van der Waals surface area contributed by atoms with Crippen LogP contribution in [0.3, 0.4) is 0 Å². The first-order chi connectivity index (χ1) is 8.39. The number of rotatable bonds is 2. The highest BCUT2D eigenvalue weighted by molar-refractivity contribution is 7.12. The fourth-order valence-electron chi connectivity index (χ4n) is 2.23.